The fraction of sp³-hybridized carbons (Fsp3) is 0.625. The Morgan fingerprint density at radius 1 is 1.24 bits per heavy atom. The molecule has 1 saturated heterocycles. The first-order chi connectivity index (χ1) is 9.86. The quantitative estimate of drug-likeness (QED) is 0.908. The van der Waals surface area contributed by atoms with Gasteiger partial charge in [-0.3, -0.25) is 0 Å². The summed E-state index contributed by atoms with van der Waals surface area (Å²) in [6, 6.07) is 4.18. The van der Waals surface area contributed by atoms with E-state index in [-0.39, 0.29) is 6.04 Å². The molecule has 1 aromatic carbocycles. The minimum Gasteiger partial charge on any atom is -0.313 e. The highest BCUT2D eigenvalue weighted by atomic mass is 32.2. The summed E-state index contributed by atoms with van der Waals surface area (Å²) in [5, 5.41) is 3.38. The zero-order chi connectivity index (χ0) is 15.6. The van der Waals surface area contributed by atoms with Gasteiger partial charge in [-0.05, 0) is 51.3 Å². The molecule has 1 unspecified atom stereocenters. The third kappa shape index (κ3) is 3.47. The molecule has 1 aliphatic rings. The molecule has 1 aliphatic heterocycles. The lowest BCUT2D eigenvalue weighted by Gasteiger charge is -2.25. The van der Waals surface area contributed by atoms with Gasteiger partial charge < -0.3 is 5.32 Å². The van der Waals surface area contributed by atoms with E-state index in [9.17, 15) is 8.42 Å². The summed E-state index contributed by atoms with van der Waals surface area (Å²) >= 11 is 0. The first-order valence-corrected chi connectivity index (χ1v) is 9.11. The first-order valence-electron chi connectivity index (χ1n) is 7.67. The highest BCUT2D eigenvalue weighted by Gasteiger charge is 2.29. The van der Waals surface area contributed by atoms with Crippen molar-refractivity contribution in [1.29, 1.82) is 0 Å². The standard InChI is InChI=1S/C16H26N2O2S/c1-5-18(11-15-7-6-8-17-15)21(19,20)16-13(3)9-12(2)10-14(16)4/h9-10,15,17H,5-8,11H2,1-4H3. The van der Waals surface area contributed by atoms with Gasteiger partial charge in [0.2, 0.25) is 10.0 Å². The summed E-state index contributed by atoms with van der Waals surface area (Å²) in [5.41, 5.74) is 2.78. The van der Waals surface area contributed by atoms with E-state index in [0.29, 0.717) is 18.0 Å². The molecule has 1 atom stereocenters. The third-order valence-corrected chi connectivity index (χ3v) is 6.39. The fourth-order valence-corrected chi connectivity index (χ4v) is 5.16. The molecule has 0 amide bonds. The van der Waals surface area contributed by atoms with Crippen molar-refractivity contribution in [2.45, 2.75) is 51.5 Å². The Labute approximate surface area is 128 Å². The van der Waals surface area contributed by atoms with Gasteiger partial charge in [0.05, 0.1) is 4.90 Å². The number of benzene rings is 1. The van der Waals surface area contributed by atoms with Crippen molar-refractivity contribution >= 4 is 10.0 Å². The summed E-state index contributed by atoms with van der Waals surface area (Å²) in [5.74, 6) is 0. The topological polar surface area (TPSA) is 49.4 Å². The molecular formula is C16H26N2O2S. The molecule has 5 heteroatoms. The van der Waals surface area contributed by atoms with Gasteiger partial charge in [0.25, 0.3) is 0 Å². The maximum Gasteiger partial charge on any atom is 0.243 e. The van der Waals surface area contributed by atoms with Crippen LogP contribution in [0.2, 0.25) is 0 Å². The number of nitrogens with zero attached hydrogens (tertiary/aromatic N) is 1. The highest BCUT2D eigenvalue weighted by Crippen LogP contribution is 2.25. The van der Waals surface area contributed by atoms with Crippen LogP contribution < -0.4 is 5.32 Å². The molecular weight excluding hydrogens is 284 g/mol. The van der Waals surface area contributed by atoms with Gasteiger partial charge in [-0.15, -0.1) is 0 Å². The Hall–Kier alpha value is -0.910. The van der Waals surface area contributed by atoms with Crippen molar-refractivity contribution in [3.63, 3.8) is 0 Å². The van der Waals surface area contributed by atoms with Crippen molar-refractivity contribution in [3.8, 4) is 0 Å². The second-order valence-electron chi connectivity index (χ2n) is 5.98. The van der Waals surface area contributed by atoms with Crippen LogP contribution in [0.15, 0.2) is 17.0 Å². The molecule has 4 nitrogen and oxygen atoms in total. The van der Waals surface area contributed by atoms with Crippen LogP contribution in [0.25, 0.3) is 0 Å². The van der Waals surface area contributed by atoms with Gasteiger partial charge >= 0.3 is 0 Å². The maximum atomic E-state index is 13.0. The van der Waals surface area contributed by atoms with E-state index >= 15 is 0 Å². The molecule has 0 saturated carbocycles. The largest absolute Gasteiger partial charge is 0.313 e. The monoisotopic (exact) mass is 310 g/mol. The average molecular weight is 310 g/mol. The molecule has 1 heterocycles. The second-order valence-corrected chi connectivity index (χ2v) is 7.85. The van der Waals surface area contributed by atoms with Crippen LogP contribution in [-0.4, -0.2) is 38.4 Å². The smallest absolute Gasteiger partial charge is 0.243 e. The van der Waals surface area contributed by atoms with Crippen molar-refractivity contribution in [1.82, 2.24) is 9.62 Å². The molecule has 118 valence electrons. The minimum atomic E-state index is -3.42. The summed E-state index contributed by atoms with van der Waals surface area (Å²) in [4.78, 5) is 0.480. The van der Waals surface area contributed by atoms with Crippen LogP contribution in [-0.2, 0) is 10.0 Å². The number of hydrogen-bond donors (Lipinski definition) is 1. The van der Waals surface area contributed by atoms with Crippen molar-refractivity contribution in [3.05, 3.63) is 28.8 Å². The third-order valence-electron chi connectivity index (χ3n) is 4.14. The SMILES string of the molecule is CCN(CC1CCCN1)S(=O)(=O)c1c(C)cc(C)cc1C. The van der Waals surface area contributed by atoms with Gasteiger partial charge in [-0.25, -0.2) is 8.42 Å². The number of sulfonamides is 1. The normalized spacial score (nSPS) is 19.4. The lowest BCUT2D eigenvalue weighted by Crippen LogP contribution is -2.41. The Morgan fingerprint density at radius 3 is 2.33 bits per heavy atom. The molecule has 1 aromatic rings. The van der Waals surface area contributed by atoms with Crippen molar-refractivity contribution < 1.29 is 8.42 Å². The van der Waals surface area contributed by atoms with Gasteiger partial charge in [0, 0.05) is 19.1 Å². The van der Waals surface area contributed by atoms with Gasteiger partial charge in [0.15, 0.2) is 0 Å². The Balaban J connectivity index is 2.35. The van der Waals surface area contributed by atoms with Crippen LogP contribution in [0.5, 0.6) is 0 Å². The van der Waals surface area contributed by atoms with Crippen LogP contribution in [0.4, 0.5) is 0 Å². The van der Waals surface area contributed by atoms with Crippen LogP contribution in [0.3, 0.4) is 0 Å². The summed E-state index contributed by atoms with van der Waals surface area (Å²) in [7, 11) is -3.42. The molecule has 0 spiro atoms. The molecule has 0 bridgehead atoms. The number of likely N-dealkylation sites (N-methyl/N-ethyl adjacent to an activating group) is 1. The van der Waals surface area contributed by atoms with Crippen molar-refractivity contribution in [2.24, 2.45) is 0 Å². The van der Waals surface area contributed by atoms with E-state index in [0.717, 1.165) is 36.1 Å². The second kappa shape index (κ2) is 6.46. The Bertz CT molecular complexity index is 582. The molecule has 2 rings (SSSR count). The number of nitrogens with one attached hydrogen (secondary N) is 1. The molecule has 1 N–H and O–H groups in total. The molecule has 0 radical (unpaired) electrons. The van der Waals surface area contributed by atoms with E-state index in [1.807, 2.05) is 39.8 Å². The summed E-state index contributed by atoms with van der Waals surface area (Å²) in [6.07, 6.45) is 2.18. The predicted octanol–water partition coefficient (Wildman–Crippen LogP) is 2.37. The first kappa shape index (κ1) is 16.5. The van der Waals surface area contributed by atoms with E-state index in [4.69, 9.17) is 0 Å². The van der Waals surface area contributed by atoms with Gasteiger partial charge in [-0.1, -0.05) is 24.6 Å². The van der Waals surface area contributed by atoms with Crippen molar-refractivity contribution in [2.75, 3.05) is 19.6 Å². The van der Waals surface area contributed by atoms with E-state index in [1.54, 1.807) is 4.31 Å². The maximum absolute atomic E-state index is 13.0. The van der Waals surface area contributed by atoms with E-state index in [1.165, 1.54) is 0 Å². The number of hydrogen-bond acceptors (Lipinski definition) is 3. The minimum absolute atomic E-state index is 0.283. The molecule has 1 fully saturated rings. The molecule has 0 aliphatic carbocycles. The zero-order valence-electron chi connectivity index (χ0n) is 13.4. The zero-order valence-corrected chi connectivity index (χ0v) is 14.3. The van der Waals surface area contributed by atoms with Crippen LogP contribution in [0, 0.1) is 20.8 Å². The lowest BCUT2D eigenvalue weighted by atomic mass is 10.1. The molecule has 0 aromatic heterocycles. The highest BCUT2D eigenvalue weighted by molar-refractivity contribution is 7.89. The fourth-order valence-electron chi connectivity index (χ4n) is 3.26. The van der Waals surface area contributed by atoms with E-state index in [2.05, 4.69) is 5.32 Å². The van der Waals surface area contributed by atoms with Gasteiger partial charge in [-0.2, -0.15) is 4.31 Å². The Morgan fingerprint density at radius 2 is 1.86 bits per heavy atom. The van der Waals surface area contributed by atoms with Crippen LogP contribution in [0.1, 0.15) is 36.5 Å². The number of rotatable bonds is 5. The summed E-state index contributed by atoms with van der Waals surface area (Å²) < 4.78 is 27.6. The average Bonchev–Trinajstić information content (AvgIpc) is 2.86. The van der Waals surface area contributed by atoms with E-state index < -0.39 is 10.0 Å². The summed E-state index contributed by atoms with van der Waals surface area (Å²) in [6.45, 7) is 9.73. The molecule has 21 heavy (non-hydrogen) atoms. The van der Waals surface area contributed by atoms with Crippen LogP contribution >= 0.6 is 0 Å². The Kier molecular flexibility index (Phi) is 5.07. The number of aryl methyl sites for hydroxylation is 3. The van der Waals surface area contributed by atoms with Gasteiger partial charge in [0.1, 0.15) is 0 Å². The lowest BCUT2D eigenvalue weighted by molar-refractivity contribution is 0.382. The predicted molar refractivity (Wildman–Crippen MR) is 86.1 cm³/mol.